The molecule has 0 atom stereocenters. The smallest absolute Gasteiger partial charge is 0.309 e. The van der Waals surface area contributed by atoms with Crippen molar-refractivity contribution in [3.05, 3.63) is 28.3 Å². The average molecular weight is 271 g/mol. The lowest BCUT2D eigenvalue weighted by Crippen LogP contribution is -2.26. The maximum absolute atomic E-state index is 11.1. The zero-order valence-corrected chi connectivity index (χ0v) is 12.0. The van der Waals surface area contributed by atoms with E-state index < -0.39 is 11.4 Å². The molecule has 1 rings (SSSR count). The molecule has 0 spiro atoms. The molecule has 1 aromatic carbocycles. The summed E-state index contributed by atoms with van der Waals surface area (Å²) in [6, 6.07) is 3.70. The Hall–Kier alpha value is -1.22. The van der Waals surface area contributed by atoms with Crippen LogP contribution in [-0.2, 0) is 17.6 Å². The van der Waals surface area contributed by atoms with Crippen molar-refractivity contribution in [3.8, 4) is 5.75 Å². The largest absolute Gasteiger partial charge is 0.496 e. The molecule has 3 nitrogen and oxygen atoms in total. The van der Waals surface area contributed by atoms with Crippen LogP contribution in [-0.4, -0.2) is 18.2 Å². The first-order valence-corrected chi connectivity index (χ1v) is 6.28. The molecule has 0 saturated heterocycles. The summed E-state index contributed by atoms with van der Waals surface area (Å²) in [7, 11) is 1.59. The summed E-state index contributed by atoms with van der Waals surface area (Å²) < 4.78 is 5.30. The normalized spacial score (nSPS) is 11.4. The second kappa shape index (κ2) is 5.61. The topological polar surface area (TPSA) is 46.5 Å². The Labute approximate surface area is 113 Å². The van der Waals surface area contributed by atoms with Crippen molar-refractivity contribution in [2.45, 2.75) is 33.6 Å². The van der Waals surface area contributed by atoms with E-state index in [0.717, 1.165) is 23.3 Å². The van der Waals surface area contributed by atoms with Gasteiger partial charge in [-0.1, -0.05) is 18.5 Å². The molecule has 0 aliphatic rings. The van der Waals surface area contributed by atoms with E-state index in [2.05, 4.69) is 0 Å². The lowest BCUT2D eigenvalue weighted by Gasteiger charge is -2.20. The van der Waals surface area contributed by atoms with Gasteiger partial charge in [-0.2, -0.15) is 0 Å². The van der Waals surface area contributed by atoms with E-state index in [0.29, 0.717) is 11.4 Å². The molecule has 0 fully saturated rings. The highest BCUT2D eigenvalue weighted by atomic mass is 35.5. The zero-order chi connectivity index (χ0) is 13.9. The number of benzene rings is 1. The highest BCUT2D eigenvalue weighted by Crippen LogP contribution is 2.32. The third-order valence-electron chi connectivity index (χ3n) is 3.01. The number of hydrogen-bond acceptors (Lipinski definition) is 2. The van der Waals surface area contributed by atoms with Crippen LogP contribution in [0.3, 0.4) is 0 Å². The van der Waals surface area contributed by atoms with Crippen LogP contribution in [0.25, 0.3) is 0 Å². The van der Waals surface area contributed by atoms with Gasteiger partial charge in [0.25, 0.3) is 0 Å². The van der Waals surface area contributed by atoms with Crippen LogP contribution in [0.1, 0.15) is 31.9 Å². The predicted octanol–water partition coefficient (Wildman–Crippen LogP) is 3.56. The third kappa shape index (κ3) is 3.16. The number of rotatable bonds is 5. The van der Waals surface area contributed by atoms with E-state index in [1.807, 2.05) is 19.1 Å². The third-order valence-corrected chi connectivity index (χ3v) is 3.35. The van der Waals surface area contributed by atoms with Gasteiger partial charge in [0, 0.05) is 10.6 Å². The van der Waals surface area contributed by atoms with Gasteiger partial charge in [0.1, 0.15) is 5.75 Å². The van der Waals surface area contributed by atoms with Crippen molar-refractivity contribution in [3.63, 3.8) is 0 Å². The standard InChI is InChI=1S/C14H19ClO3/c1-5-10-11(15)6-9(7-12(10)18-4)8-14(2,3)13(16)17/h6-7H,5,8H2,1-4H3,(H,16,17). The van der Waals surface area contributed by atoms with Crippen LogP contribution in [0.4, 0.5) is 0 Å². The first kappa shape index (κ1) is 14.8. The molecule has 0 heterocycles. The van der Waals surface area contributed by atoms with Crippen molar-refractivity contribution in [2.24, 2.45) is 5.41 Å². The van der Waals surface area contributed by atoms with Crippen molar-refractivity contribution in [1.82, 2.24) is 0 Å². The Balaban J connectivity index is 3.13. The molecule has 1 N–H and O–H groups in total. The second-order valence-electron chi connectivity index (χ2n) is 4.98. The van der Waals surface area contributed by atoms with Crippen molar-refractivity contribution < 1.29 is 14.6 Å². The fourth-order valence-electron chi connectivity index (χ4n) is 1.88. The summed E-state index contributed by atoms with van der Waals surface area (Å²) in [5, 5.41) is 9.77. The number of carboxylic acid groups (broad SMARTS) is 1. The first-order chi connectivity index (χ1) is 8.31. The maximum atomic E-state index is 11.1. The minimum Gasteiger partial charge on any atom is -0.496 e. The molecule has 0 unspecified atom stereocenters. The van der Waals surface area contributed by atoms with Gasteiger partial charge >= 0.3 is 5.97 Å². The van der Waals surface area contributed by atoms with E-state index in [4.69, 9.17) is 21.4 Å². The fourth-order valence-corrected chi connectivity index (χ4v) is 2.24. The van der Waals surface area contributed by atoms with Gasteiger partial charge in [-0.25, -0.2) is 0 Å². The monoisotopic (exact) mass is 270 g/mol. The molecular formula is C14H19ClO3. The summed E-state index contributed by atoms with van der Waals surface area (Å²) in [6.07, 6.45) is 1.20. The molecule has 0 radical (unpaired) electrons. The second-order valence-corrected chi connectivity index (χ2v) is 5.39. The number of ether oxygens (including phenoxy) is 1. The quantitative estimate of drug-likeness (QED) is 0.890. The Morgan fingerprint density at radius 1 is 1.44 bits per heavy atom. The number of carboxylic acids is 1. The number of methoxy groups -OCH3 is 1. The SMILES string of the molecule is CCc1c(Cl)cc(CC(C)(C)C(=O)O)cc1OC. The molecule has 18 heavy (non-hydrogen) atoms. The summed E-state index contributed by atoms with van der Waals surface area (Å²) in [5.74, 6) is -0.0988. The molecule has 0 amide bonds. The summed E-state index contributed by atoms with van der Waals surface area (Å²) in [4.78, 5) is 11.1. The number of hydrogen-bond donors (Lipinski definition) is 1. The number of carbonyl (C=O) groups is 1. The summed E-state index contributed by atoms with van der Waals surface area (Å²) in [6.45, 7) is 5.40. The van der Waals surface area contributed by atoms with Gasteiger partial charge in [0.05, 0.1) is 12.5 Å². The fraction of sp³-hybridized carbons (Fsp3) is 0.500. The lowest BCUT2D eigenvalue weighted by atomic mass is 9.85. The average Bonchev–Trinajstić information content (AvgIpc) is 2.27. The molecule has 0 aliphatic carbocycles. The predicted molar refractivity (Wildman–Crippen MR) is 72.5 cm³/mol. The van der Waals surface area contributed by atoms with Crippen LogP contribution >= 0.6 is 11.6 Å². The van der Waals surface area contributed by atoms with E-state index in [-0.39, 0.29) is 0 Å². The van der Waals surface area contributed by atoms with Gasteiger partial charge < -0.3 is 9.84 Å². The van der Waals surface area contributed by atoms with Crippen LogP contribution < -0.4 is 4.74 Å². The highest BCUT2D eigenvalue weighted by molar-refractivity contribution is 6.31. The van der Waals surface area contributed by atoms with Gasteiger partial charge in [-0.05, 0) is 44.4 Å². The van der Waals surface area contributed by atoms with Crippen LogP contribution in [0, 0.1) is 5.41 Å². The molecule has 0 bridgehead atoms. The van der Waals surface area contributed by atoms with Crippen molar-refractivity contribution >= 4 is 17.6 Å². The van der Waals surface area contributed by atoms with E-state index in [1.165, 1.54) is 0 Å². The van der Waals surface area contributed by atoms with Gasteiger partial charge in [0.15, 0.2) is 0 Å². The van der Waals surface area contributed by atoms with Gasteiger partial charge in [-0.3, -0.25) is 4.79 Å². The molecule has 4 heteroatoms. The van der Waals surface area contributed by atoms with E-state index in [1.54, 1.807) is 21.0 Å². The highest BCUT2D eigenvalue weighted by Gasteiger charge is 2.28. The Morgan fingerprint density at radius 2 is 2.06 bits per heavy atom. The number of aliphatic carboxylic acids is 1. The number of halogens is 1. The first-order valence-electron chi connectivity index (χ1n) is 5.90. The molecule has 0 saturated carbocycles. The molecular weight excluding hydrogens is 252 g/mol. The minimum atomic E-state index is -0.822. The van der Waals surface area contributed by atoms with Crippen LogP contribution in [0.15, 0.2) is 12.1 Å². The van der Waals surface area contributed by atoms with Crippen molar-refractivity contribution in [2.75, 3.05) is 7.11 Å². The van der Waals surface area contributed by atoms with E-state index in [9.17, 15) is 4.79 Å². The molecule has 1 aromatic rings. The van der Waals surface area contributed by atoms with Gasteiger partial charge in [-0.15, -0.1) is 0 Å². The lowest BCUT2D eigenvalue weighted by molar-refractivity contribution is -0.146. The molecule has 0 aliphatic heterocycles. The zero-order valence-electron chi connectivity index (χ0n) is 11.2. The minimum absolute atomic E-state index is 0.419. The molecule has 100 valence electrons. The Bertz CT molecular complexity index is 453. The van der Waals surface area contributed by atoms with E-state index >= 15 is 0 Å². The van der Waals surface area contributed by atoms with Gasteiger partial charge in [0.2, 0.25) is 0 Å². The van der Waals surface area contributed by atoms with Crippen molar-refractivity contribution in [1.29, 1.82) is 0 Å². The maximum Gasteiger partial charge on any atom is 0.309 e. The summed E-state index contributed by atoms with van der Waals surface area (Å²) in [5.41, 5.74) is 1.01. The Kier molecular flexibility index (Phi) is 4.63. The summed E-state index contributed by atoms with van der Waals surface area (Å²) >= 11 is 6.19. The molecule has 0 aromatic heterocycles. The van der Waals surface area contributed by atoms with Crippen LogP contribution in [0.5, 0.6) is 5.75 Å². The Morgan fingerprint density at radius 3 is 2.50 bits per heavy atom. The van der Waals surface area contributed by atoms with Crippen LogP contribution in [0.2, 0.25) is 5.02 Å².